The zero-order valence-electron chi connectivity index (χ0n) is 11.0. The first-order chi connectivity index (χ1) is 7.67. The summed E-state index contributed by atoms with van der Waals surface area (Å²) in [6, 6.07) is 0.263. The fourth-order valence-corrected chi connectivity index (χ4v) is 2.20. The molecule has 1 fully saturated rings. The zero-order chi connectivity index (χ0) is 12.0. The summed E-state index contributed by atoms with van der Waals surface area (Å²) in [5, 5.41) is 0. The number of halogens is 1. The summed E-state index contributed by atoms with van der Waals surface area (Å²) in [6.45, 7) is 8.38. The van der Waals surface area contributed by atoms with E-state index in [0.717, 1.165) is 45.4 Å². The minimum absolute atomic E-state index is 0. The first kappa shape index (κ1) is 16.7. The number of hydrogen-bond donors (Lipinski definition) is 1. The lowest BCUT2D eigenvalue weighted by Crippen LogP contribution is -2.41. The van der Waals surface area contributed by atoms with Crippen LogP contribution in [0.3, 0.4) is 0 Å². The van der Waals surface area contributed by atoms with Crippen molar-refractivity contribution in [2.45, 2.75) is 39.2 Å². The maximum absolute atomic E-state index is 12.0. The lowest BCUT2D eigenvalue weighted by molar-refractivity contribution is -0.132. The molecule has 5 heteroatoms. The van der Waals surface area contributed by atoms with Crippen LogP contribution in [0.5, 0.6) is 0 Å². The van der Waals surface area contributed by atoms with Gasteiger partial charge in [0.15, 0.2) is 0 Å². The van der Waals surface area contributed by atoms with Crippen LogP contribution in [0.1, 0.15) is 33.1 Å². The van der Waals surface area contributed by atoms with Gasteiger partial charge in [-0.15, -0.1) is 12.4 Å². The molecule has 1 amide bonds. The Labute approximate surface area is 111 Å². The first-order valence-electron chi connectivity index (χ1n) is 6.43. The molecular weight excluding hydrogens is 238 g/mol. The highest BCUT2D eigenvalue weighted by Gasteiger charge is 2.22. The molecule has 2 N–H and O–H groups in total. The van der Waals surface area contributed by atoms with Crippen molar-refractivity contribution >= 4 is 18.3 Å². The summed E-state index contributed by atoms with van der Waals surface area (Å²) in [6.07, 6.45) is 3.09. The van der Waals surface area contributed by atoms with E-state index in [0.29, 0.717) is 6.54 Å². The lowest BCUT2D eigenvalue weighted by atomic mass is 10.3. The number of carbonyl (C=O) groups is 1. The van der Waals surface area contributed by atoms with Crippen LogP contribution in [-0.2, 0) is 4.79 Å². The van der Waals surface area contributed by atoms with Crippen molar-refractivity contribution in [1.29, 1.82) is 0 Å². The van der Waals surface area contributed by atoms with Crippen molar-refractivity contribution in [3.63, 3.8) is 0 Å². The standard InChI is InChI=1S/C12H25N3O.ClH/c1-3-6-15(7-4-2)12(16)10-14-8-5-11(13)9-14;/h11H,3-10,13H2,1-2H3;1H. The van der Waals surface area contributed by atoms with Gasteiger partial charge in [0, 0.05) is 32.2 Å². The molecule has 0 spiro atoms. The molecule has 17 heavy (non-hydrogen) atoms. The van der Waals surface area contributed by atoms with E-state index in [2.05, 4.69) is 18.7 Å². The van der Waals surface area contributed by atoms with Crippen LogP contribution < -0.4 is 5.73 Å². The summed E-state index contributed by atoms with van der Waals surface area (Å²) in [5.41, 5.74) is 5.83. The molecule has 0 saturated carbocycles. The lowest BCUT2D eigenvalue weighted by Gasteiger charge is -2.24. The topological polar surface area (TPSA) is 49.6 Å². The Morgan fingerprint density at radius 1 is 1.35 bits per heavy atom. The van der Waals surface area contributed by atoms with Crippen LogP contribution >= 0.6 is 12.4 Å². The van der Waals surface area contributed by atoms with E-state index in [1.54, 1.807) is 0 Å². The Kier molecular flexibility index (Phi) is 8.56. The second-order valence-electron chi connectivity index (χ2n) is 4.66. The Balaban J connectivity index is 0.00000256. The van der Waals surface area contributed by atoms with E-state index >= 15 is 0 Å². The summed E-state index contributed by atoms with van der Waals surface area (Å²) < 4.78 is 0. The molecule has 102 valence electrons. The Morgan fingerprint density at radius 2 is 1.94 bits per heavy atom. The Morgan fingerprint density at radius 3 is 2.35 bits per heavy atom. The molecule has 0 aromatic heterocycles. The molecule has 0 aromatic carbocycles. The fraction of sp³-hybridized carbons (Fsp3) is 0.917. The van der Waals surface area contributed by atoms with Gasteiger partial charge in [0.25, 0.3) is 0 Å². The molecule has 4 nitrogen and oxygen atoms in total. The van der Waals surface area contributed by atoms with Gasteiger partial charge in [0.1, 0.15) is 0 Å². The molecule has 1 rings (SSSR count). The molecular formula is C12H26ClN3O. The van der Waals surface area contributed by atoms with E-state index in [9.17, 15) is 4.79 Å². The molecule has 0 bridgehead atoms. The molecule has 1 aliphatic heterocycles. The number of nitrogens with two attached hydrogens (primary N) is 1. The van der Waals surface area contributed by atoms with E-state index in [-0.39, 0.29) is 24.4 Å². The van der Waals surface area contributed by atoms with Crippen LogP contribution in [0.25, 0.3) is 0 Å². The minimum atomic E-state index is 0. The van der Waals surface area contributed by atoms with Crippen molar-refractivity contribution in [2.24, 2.45) is 5.73 Å². The fourth-order valence-electron chi connectivity index (χ4n) is 2.20. The largest absolute Gasteiger partial charge is 0.342 e. The van der Waals surface area contributed by atoms with Gasteiger partial charge in [-0.2, -0.15) is 0 Å². The normalized spacial score (nSPS) is 20.1. The number of amides is 1. The predicted molar refractivity (Wildman–Crippen MR) is 73.4 cm³/mol. The van der Waals surface area contributed by atoms with Gasteiger partial charge in [0.05, 0.1) is 6.54 Å². The maximum atomic E-state index is 12.0. The number of nitrogens with zero attached hydrogens (tertiary/aromatic N) is 2. The average molecular weight is 264 g/mol. The highest BCUT2D eigenvalue weighted by molar-refractivity contribution is 5.85. The van der Waals surface area contributed by atoms with Gasteiger partial charge in [0.2, 0.25) is 5.91 Å². The smallest absolute Gasteiger partial charge is 0.236 e. The van der Waals surface area contributed by atoms with Gasteiger partial charge in [-0.1, -0.05) is 13.8 Å². The predicted octanol–water partition coefficient (Wildman–Crippen LogP) is 1.09. The van der Waals surface area contributed by atoms with Crippen molar-refractivity contribution < 1.29 is 4.79 Å². The summed E-state index contributed by atoms with van der Waals surface area (Å²) in [7, 11) is 0. The van der Waals surface area contributed by atoms with Crippen molar-refractivity contribution in [2.75, 3.05) is 32.7 Å². The second kappa shape index (κ2) is 8.72. The minimum Gasteiger partial charge on any atom is -0.342 e. The van der Waals surface area contributed by atoms with Crippen LogP contribution in [0.4, 0.5) is 0 Å². The van der Waals surface area contributed by atoms with E-state index < -0.39 is 0 Å². The molecule has 1 heterocycles. The number of carbonyl (C=O) groups excluding carboxylic acids is 1. The SMILES string of the molecule is CCCN(CCC)C(=O)CN1CCC(N)C1.Cl. The van der Waals surface area contributed by atoms with Gasteiger partial charge in [-0.05, 0) is 19.3 Å². The van der Waals surface area contributed by atoms with Crippen LogP contribution in [0.15, 0.2) is 0 Å². The number of likely N-dealkylation sites (tertiary alicyclic amines) is 1. The van der Waals surface area contributed by atoms with Crippen LogP contribution in [-0.4, -0.2) is 54.5 Å². The second-order valence-corrected chi connectivity index (χ2v) is 4.66. The van der Waals surface area contributed by atoms with Gasteiger partial charge >= 0.3 is 0 Å². The van der Waals surface area contributed by atoms with Crippen molar-refractivity contribution in [3.05, 3.63) is 0 Å². The molecule has 0 aliphatic carbocycles. The van der Waals surface area contributed by atoms with Gasteiger partial charge in [-0.25, -0.2) is 0 Å². The van der Waals surface area contributed by atoms with E-state index in [4.69, 9.17) is 5.73 Å². The molecule has 1 unspecified atom stereocenters. The highest BCUT2D eigenvalue weighted by Crippen LogP contribution is 2.07. The number of rotatable bonds is 6. The third-order valence-corrected chi connectivity index (χ3v) is 3.01. The molecule has 1 aliphatic rings. The Hall–Kier alpha value is -0.320. The third-order valence-electron chi connectivity index (χ3n) is 3.01. The molecule has 1 atom stereocenters. The van der Waals surface area contributed by atoms with Crippen molar-refractivity contribution in [3.8, 4) is 0 Å². The monoisotopic (exact) mass is 263 g/mol. The first-order valence-corrected chi connectivity index (χ1v) is 6.43. The molecule has 1 saturated heterocycles. The summed E-state index contributed by atoms with van der Waals surface area (Å²) >= 11 is 0. The zero-order valence-corrected chi connectivity index (χ0v) is 11.8. The summed E-state index contributed by atoms with van der Waals surface area (Å²) in [4.78, 5) is 16.2. The molecule has 0 radical (unpaired) electrons. The van der Waals surface area contributed by atoms with Gasteiger partial charge < -0.3 is 10.6 Å². The summed E-state index contributed by atoms with van der Waals surface area (Å²) in [5.74, 6) is 0.262. The Bertz CT molecular complexity index is 220. The average Bonchev–Trinajstić information content (AvgIpc) is 2.63. The van der Waals surface area contributed by atoms with Crippen LogP contribution in [0.2, 0.25) is 0 Å². The third kappa shape index (κ3) is 5.70. The van der Waals surface area contributed by atoms with Crippen LogP contribution in [0, 0.1) is 0 Å². The van der Waals surface area contributed by atoms with Crippen molar-refractivity contribution in [1.82, 2.24) is 9.80 Å². The van der Waals surface area contributed by atoms with E-state index in [1.807, 2.05) is 4.90 Å². The number of hydrogen-bond acceptors (Lipinski definition) is 3. The quantitative estimate of drug-likeness (QED) is 0.781. The molecule has 0 aromatic rings. The van der Waals surface area contributed by atoms with Gasteiger partial charge in [-0.3, -0.25) is 9.69 Å². The maximum Gasteiger partial charge on any atom is 0.236 e. The highest BCUT2D eigenvalue weighted by atomic mass is 35.5. The van der Waals surface area contributed by atoms with E-state index in [1.165, 1.54) is 0 Å².